The summed E-state index contributed by atoms with van der Waals surface area (Å²) in [5, 5.41) is 0.652. The number of ether oxygens (including phenoxy) is 2. The molecule has 0 saturated heterocycles. The number of amides is 1. The third-order valence-electron chi connectivity index (χ3n) is 4.29. The summed E-state index contributed by atoms with van der Waals surface area (Å²) in [4.78, 5) is 17.2. The maximum atomic E-state index is 12.4. The van der Waals surface area contributed by atoms with Crippen molar-refractivity contribution in [1.29, 1.82) is 0 Å². The Bertz CT molecular complexity index is 1020. The minimum absolute atomic E-state index is 0.111. The van der Waals surface area contributed by atoms with E-state index in [2.05, 4.69) is 18.8 Å². The maximum absolute atomic E-state index is 12.4. The van der Waals surface area contributed by atoms with Crippen LogP contribution in [0.2, 0.25) is 5.02 Å². The SMILES string of the molecule is COCCn1c(=NC(=O)COc2ccc(C(C)C)cc2)sc2cc(Cl)ccc21. The number of halogens is 1. The van der Waals surface area contributed by atoms with Crippen LogP contribution in [-0.2, 0) is 16.1 Å². The van der Waals surface area contributed by atoms with E-state index in [-0.39, 0.29) is 12.5 Å². The summed E-state index contributed by atoms with van der Waals surface area (Å²) in [6.45, 7) is 5.28. The molecule has 0 atom stereocenters. The van der Waals surface area contributed by atoms with Crippen LogP contribution in [0, 0.1) is 0 Å². The van der Waals surface area contributed by atoms with E-state index in [1.165, 1.54) is 16.9 Å². The Labute approximate surface area is 173 Å². The van der Waals surface area contributed by atoms with Gasteiger partial charge in [0.1, 0.15) is 5.75 Å². The van der Waals surface area contributed by atoms with Crippen LogP contribution in [0.15, 0.2) is 47.5 Å². The van der Waals surface area contributed by atoms with Crippen molar-refractivity contribution < 1.29 is 14.3 Å². The van der Waals surface area contributed by atoms with Crippen LogP contribution in [0.1, 0.15) is 25.3 Å². The molecule has 0 aliphatic rings. The molecule has 1 heterocycles. The van der Waals surface area contributed by atoms with Crippen LogP contribution in [0.4, 0.5) is 0 Å². The molecule has 7 heteroatoms. The zero-order valence-electron chi connectivity index (χ0n) is 16.1. The molecule has 28 heavy (non-hydrogen) atoms. The second-order valence-electron chi connectivity index (χ2n) is 6.66. The van der Waals surface area contributed by atoms with Crippen molar-refractivity contribution in [3.05, 3.63) is 57.9 Å². The molecule has 3 aromatic rings. The average molecular weight is 419 g/mol. The Morgan fingerprint density at radius 2 is 1.96 bits per heavy atom. The number of methoxy groups -OCH3 is 1. The fraction of sp³-hybridized carbons (Fsp3) is 0.333. The van der Waals surface area contributed by atoms with E-state index in [9.17, 15) is 4.79 Å². The van der Waals surface area contributed by atoms with Gasteiger partial charge in [0, 0.05) is 18.7 Å². The van der Waals surface area contributed by atoms with Crippen molar-refractivity contribution in [3.63, 3.8) is 0 Å². The number of rotatable bonds is 7. The van der Waals surface area contributed by atoms with Crippen LogP contribution in [0.5, 0.6) is 5.75 Å². The van der Waals surface area contributed by atoms with E-state index in [0.717, 1.165) is 10.2 Å². The molecule has 0 aliphatic heterocycles. The van der Waals surface area contributed by atoms with Crippen LogP contribution in [0.25, 0.3) is 10.2 Å². The summed E-state index contributed by atoms with van der Waals surface area (Å²) in [5.74, 6) is 0.773. The lowest BCUT2D eigenvalue weighted by Gasteiger charge is -2.07. The lowest BCUT2D eigenvalue weighted by molar-refractivity contribution is -0.120. The van der Waals surface area contributed by atoms with Crippen molar-refractivity contribution in [2.24, 2.45) is 4.99 Å². The monoisotopic (exact) mass is 418 g/mol. The molecule has 1 aromatic heterocycles. The van der Waals surface area contributed by atoms with Gasteiger partial charge in [0.2, 0.25) is 0 Å². The van der Waals surface area contributed by atoms with E-state index < -0.39 is 0 Å². The molecule has 3 rings (SSSR count). The molecule has 0 N–H and O–H groups in total. The van der Waals surface area contributed by atoms with Gasteiger partial charge < -0.3 is 14.0 Å². The number of nitrogens with zero attached hydrogens (tertiary/aromatic N) is 2. The minimum Gasteiger partial charge on any atom is -0.484 e. The van der Waals surface area contributed by atoms with Gasteiger partial charge in [0.05, 0.1) is 16.8 Å². The number of benzene rings is 2. The quantitative estimate of drug-likeness (QED) is 0.562. The van der Waals surface area contributed by atoms with Gasteiger partial charge in [-0.05, 0) is 41.8 Å². The Morgan fingerprint density at radius 3 is 2.64 bits per heavy atom. The molecule has 0 fully saturated rings. The molecule has 0 spiro atoms. The molecular weight excluding hydrogens is 396 g/mol. The first-order valence-corrected chi connectivity index (χ1v) is 10.3. The molecule has 0 bridgehead atoms. The van der Waals surface area contributed by atoms with Crippen molar-refractivity contribution >= 4 is 39.1 Å². The van der Waals surface area contributed by atoms with Crippen molar-refractivity contribution in [2.45, 2.75) is 26.3 Å². The minimum atomic E-state index is -0.336. The number of hydrogen-bond acceptors (Lipinski definition) is 4. The van der Waals surface area contributed by atoms with E-state index in [1.54, 1.807) is 7.11 Å². The second-order valence-corrected chi connectivity index (χ2v) is 8.10. The highest BCUT2D eigenvalue weighted by atomic mass is 35.5. The Balaban J connectivity index is 1.79. The van der Waals surface area contributed by atoms with Crippen LogP contribution < -0.4 is 9.54 Å². The third-order valence-corrected chi connectivity index (χ3v) is 5.57. The zero-order chi connectivity index (χ0) is 20.1. The molecule has 0 aliphatic carbocycles. The smallest absolute Gasteiger partial charge is 0.286 e. The Hall–Kier alpha value is -2.15. The van der Waals surface area contributed by atoms with E-state index in [0.29, 0.717) is 34.6 Å². The summed E-state index contributed by atoms with van der Waals surface area (Å²) in [6, 6.07) is 13.4. The fourth-order valence-electron chi connectivity index (χ4n) is 2.76. The van der Waals surface area contributed by atoms with Crippen LogP contribution in [0.3, 0.4) is 0 Å². The molecule has 0 unspecified atom stereocenters. The summed E-state index contributed by atoms with van der Waals surface area (Å²) in [7, 11) is 1.65. The van der Waals surface area contributed by atoms with E-state index in [1.807, 2.05) is 47.0 Å². The van der Waals surface area contributed by atoms with Gasteiger partial charge in [-0.2, -0.15) is 4.99 Å². The maximum Gasteiger partial charge on any atom is 0.286 e. The molecule has 5 nitrogen and oxygen atoms in total. The predicted octanol–water partition coefficient (Wildman–Crippen LogP) is 4.63. The average Bonchev–Trinajstić information content (AvgIpc) is 3.00. The predicted molar refractivity (Wildman–Crippen MR) is 113 cm³/mol. The molecule has 0 radical (unpaired) electrons. The summed E-state index contributed by atoms with van der Waals surface area (Å²) in [6.07, 6.45) is 0. The Kier molecular flexibility index (Phi) is 6.88. The molecule has 0 saturated carbocycles. The van der Waals surface area contributed by atoms with Crippen LogP contribution in [-0.4, -0.2) is 30.8 Å². The van der Waals surface area contributed by atoms with Gasteiger partial charge in [-0.15, -0.1) is 0 Å². The molecular formula is C21H23ClN2O3S. The summed E-state index contributed by atoms with van der Waals surface area (Å²) in [5.41, 5.74) is 2.20. The highest BCUT2D eigenvalue weighted by Crippen LogP contribution is 2.22. The molecule has 148 valence electrons. The number of aromatic nitrogens is 1. The van der Waals surface area contributed by atoms with Crippen molar-refractivity contribution in [1.82, 2.24) is 4.57 Å². The van der Waals surface area contributed by atoms with Gasteiger partial charge in [-0.1, -0.05) is 48.9 Å². The van der Waals surface area contributed by atoms with Crippen LogP contribution >= 0.6 is 22.9 Å². The highest BCUT2D eigenvalue weighted by molar-refractivity contribution is 7.16. The first kappa shape index (κ1) is 20.6. The number of hydrogen-bond donors (Lipinski definition) is 0. The van der Waals surface area contributed by atoms with Crippen molar-refractivity contribution in [2.75, 3.05) is 20.3 Å². The van der Waals surface area contributed by atoms with Crippen molar-refractivity contribution in [3.8, 4) is 5.75 Å². The topological polar surface area (TPSA) is 52.8 Å². The van der Waals surface area contributed by atoms with Gasteiger partial charge in [-0.25, -0.2) is 0 Å². The number of fused-ring (bicyclic) bond motifs is 1. The summed E-state index contributed by atoms with van der Waals surface area (Å²) < 4.78 is 13.7. The standard InChI is InChI=1S/C21H23ClN2O3S/c1-14(2)15-4-7-17(8-5-15)27-13-20(25)23-21-24(10-11-26-3)18-9-6-16(22)12-19(18)28-21/h4-9,12,14H,10-11,13H2,1-3H3. The second kappa shape index (κ2) is 9.37. The zero-order valence-corrected chi connectivity index (χ0v) is 17.7. The lowest BCUT2D eigenvalue weighted by atomic mass is 10.0. The van der Waals surface area contributed by atoms with Gasteiger partial charge in [-0.3, -0.25) is 4.79 Å². The van der Waals surface area contributed by atoms with E-state index in [4.69, 9.17) is 21.1 Å². The summed E-state index contributed by atoms with van der Waals surface area (Å²) >= 11 is 7.52. The third kappa shape index (κ3) is 5.01. The number of carbonyl (C=O) groups excluding carboxylic acids is 1. The first-order chi connectivity index (χ1) is 13.5. The Morgan fingerprint density at radius 1 is 1.21 bits per heavy atom. The molecule has 1 amide bonds. The van der Waals surface area contributed by atoms with Gasteiger partial charge in [0.25, 0.3) is 5.91 Å². The van der Waals surface area contributed by atoms with Gasteiger partial charge >= 0.3 is 0 Å². The lowest BCUT2D eigenvalue weighted by Crippen LogP contribution is -2.21. The number of thiazole rings is 1. The fourth-order valence-corrected chi connectivity index (χ4v) is 4.11. The van der Waals surface area contributed by atoms with Gasteiger partial charge in [0.15, 0.2) is 11.4 Å². The highest BCUT2D eigenvalue weighted by Gasteiger charge is 2.09. The number of carbonyl (C=O) groups is 1. The normalized spacial score (nSPS) is 12.1. The molecule has 2 aromatic carbocycles. The first-order valence-electron chi connectivity index (χ1n) is 9.06. The van der Waals surface area contributed by atoms with E-state index >= 15 is 0 Å². The largest absolute Gasteiger partial charge is 0.484 e.